The number of nitrogens with zero attached hydrogens (tertiary/aromatic N) is 4. The van der Waals surface area contributed by atoms with Crippen LogP contribution >= 0.6 is 0 Å². The van der Waals surface area contributed by atoms with Crippen molar-refractivity contribution >= 4 is 43.7 Å². The van der Waals surface area contributed by atoms with Gasteiger partial charge in [0.2, 0.25) is 0 Å². The van der Waals surface area contributed by atoms with Gasteiger partial charge in [0.1, 0.15) is 11.2 Å². The molecular formula is C45H28N4O. The van der Waals surface area contributed by atoms with Crippen molar-refractivity contribution in [3.8, 4) is 51.0 Å². The van der Waals surface area contributed by atoms with Gasteiger partial charge in [-0.15, -0.1) is 0 Å². The van der Waals surface area contributed by atoms with Crippen LogP contribution in [-0.4, -0.2) is 19.5 Å². The Morgan fingerprint density at radius 1 is 0.380 bits per heavy atom. The van der Waals surface area contributed by atoms with Gasteiger partial charge in [0.15, 0.2) is 17.5 Å². The number of benzene rings is 7. The molecule has 3 heterocycles. The summed E-state index contributed by atoms with van der Waals surface area (Å²) < 4.78 is 8.76. The maximum absolute atomic E-state index is 6.44. The third-order valence-corrected chi connectivity index (χ3v) is 9.47. The molecule has 0 aliphatic rings. The highest BCUT2D eigenvalue weighted by molar-refractivity contribution is 6.13. The third-order valence-electron chi connectivity index (χ3n) is 9.47. The number of aromatic nitrogens is 4. The minimum Gasteiger partial charge on any atom is -0.456 e. The number of rotatable bonds is 5. The van der Waals surface area contributed by atoms with Gasteiger partial charge in [-0.1, -0.05) is 115 Å². The van der Waals surface area contributed by atoms with Crippen molar-refractivity contribution in [2.24, 2.45) is 0 Å². The predicted octanol–water partition coefficient (Wildman–Crippen LogP) is 11.5. The van der Waals surface area contributed by atoms with Crippen LogP contribution in [-0.2, 0) is 0 Å². The van der Waals surface area contributed by atoms with Crippen LogP contribution in [0.15, 0.2) is 174 Å². The molecule has 0 radical (unpaired) electrons. The Morgan fingerprint density at radius 2 is 0.920 bits per heavy atom. The number of para-hydroxylation sites is 2. The summed E-state index contributed by atoms with van der Waals surface area (Å²) in [5, 5.41) is 4.63. The summed E-state index contributed by atoms with van der Waals surface area (Å²) >= 11 is 0. The third kappa shape index (κ3) is 4.60. The molecule has 10 aromatic rings. The van der Waals surface area contributed by atoms with E-state index in [1.165, 1.54) is 21.8 Å². The standard InChI is InChI=1S/C45H28N4O/c1-3-12-29(13-4-1)34-18-11-21-40-42(34)37-27-24-32(28-41(37)50-40)45-47-43(30-14-5-2-6-15-30)46-44(48-45)31-22-25-33(26-23-31)49-38-19-9-7-16-35(38)36-17-8-10-20-39(36)49/h1-28H. The van der Waals surface area contributed by atoms with Gasteiger partial charge in [-0.05, 0) is 65.7 Å². The maximum atomic E-state index is 6.44. The summed E-state index contributed by atoms with van der Waals surface area (Å²) in [5.74, 6) is 1.82. The first-order chi connectivity index (χ1) is 24.8. The van der Waals surface area contributed by atoms with Crippen molar-refractivity contribution in [3.05, 3.63) is 170 Å². The molecule has 10 rings (SSSR count). The smallest absolute Gasteiger partial charge is 0.164 e. The van der Waals surface area contributed by atoms with Crippen LogP contribution in [0.1, 0.15) is 0 Å². The molecule has 0 amide bonds. The van der Waals surface area contributed by atoms with Crippen LogP contribution in [0.4, 0.5) is 0 Å². The summed E-state index contributed by atoms with van der Waals surface area (Å²) in [6.07, 6.45) is 0. The van der Waals surface area contributed by atoms with Crippen LogP contribution in [0.5, 0.6) is 0 Å². The van der Waals surface area contributed by atoms with Crippen molar-refractivity contribution in [1.29, 1.82) is 0 Å². The van der Waals surface area contributed by atoms with Crippen LogP contribution in [0, 0.1) is 0 Å². The lowest BCUT2D eigenvalue weighted by atomic mass is 9.99. The van der Waals surface area contributed by atoms with Crippen molar-refractivity contribution in [1.82, 2.24) is 19.5 Å². The first-order valence-corrected chi connectivity index (χ1v) is 16.7. The molecule has 5 nitrogen and oxygen atoms in total. The van der Waals surface area contributed by atoms with Crippen molar-refractivity contribution < 1.29 is 4.42 Å². The van der Waals surface area contributed by atoms with E-state index in [1.54, 1.807) is 0 Å². The Hall–Kier alpha value is -6.85. The molecule has 234 valence electrons. The van der Waals surface area contributed by atoms with Crippen molar-refractivity contribution in [2.45, 2.75) is 0 Å². The summed E-state index contributed by atoms with van der Waals surface area (Å²) in [5.41, 5.74) is 10.1. The first kappa shape index (κ1) is 28.2. The van der Waals surface area contributed by atoms with Crippen molar-refractivity contribution in [2.75, 3.05) is 0 Å². The van der Waals surface area contributed by atoms with Gasteiger partial charge in [-0.3, -0.25) is 0 Å². The molecular weight excluding hydrogens is 613 g/mol. The van der Waals surface area contributed by atoms with Gasteiger partial charge < -0.3 is 8.98 Å². The molecule has 0 atom stereocenters. The summed E-state index contributed by atoms with van der Waals surface area (Å²) in [7, 11) is 0. The van der Waals surface area contributed by atoms with Crippen LogP contribution in [0.25, 0.3) is 94.7 Å². The molecule has 3 aromatic heterocycles. The van der Waals surface area contributed by atoms with Crippen molar-refractivity contribution in [3.63, 3.8) is 0 Å². The van der Waals surface area contributed by atoms with E-state index < -0.39 is 0 Å². The number of furan rings is 1. The van der Waals surface area contributed by atoms with E-state index >= 15 is 0 Å². The van der Waals surface area contributed by atoms with Crippen LogP contribution < -0.4 is 0 Å². The zero-order chi connectivity index (χ0) is 33.0. The summed E-state index contributed by atoms with van der Waals surface area (Å²) in [6.45, 7) is 0. The van der Waals surface area contributed by atoms with E-state index in [2.05, 4.69) is 120 Å². The molecule has 5 heteroatoms. The van der Waals surface area contributed by atoms with Gasteiger partial charge >= 0.3 is 0 Å². The number of hydrogen-bond acceptors (Lipinski definition) is 4. The fraction of sp³-hybridized carbons (Fsp3) is 0. The molecule has 0 saturated carbocycles. The lowest BCUT2D eigenvalue weighted by molar-refractivity contribution is 0.669. The van der Waals surface area contributed by atoms with E-state index in [9.17, 15) is 0 Å². The average Bonchev–Trinajstić information content (AvgIpc) is 3.74. The predicted molar refractivity (Wildman–Crippen MR) is 203 cm³/mol. The van der Waals surface area contributed by atoms with E-state index in [0.717, 1.165) is 55.4 Å². The van der Waals surface area contributed by atoms with E-state index in [1.807, 2.05) is 54.6 Å². The molecule has 0 unspecified atom stereocenters. The fourth-order valence-corrected chi connectivity index (χ4v) is 7.13. The second-order valence-corrected chi connectivity index (χ2v) is 12.4. The second kappa shape index (κ2) is 11.4. The maximum Gasteiger partial charge on any atom is 0.164 e. The zero-order valence-electron chi connectivity index (χ0n) is 26.9. The lowest BCUT2D eigenvalue weighted by Gasteiger charge is -2.11. The SMILES string of the molecule is c1ccc(-c2nc(-c3ccc(-n4c5ccccc5c5ccccc54)cc3)nc(-c3ccc4c(c3)oc3cccc(-c5ccccc5)c34)n2)cc1. The molecule has 0 spiro atoms. The highest BCUT2D eigenvalue weighted by Gasteiger charge is 2.17. The largest absolute Gasteiger partial charge is 0.456 e. The Balaban J connectivity index is 1.10. The molecule has 0 saturated heterocycles. The Morgan fingerprint density at radius 3 is 1.58 bits per heavy atom. The Kier molecular flexibility index (Phi) is 6.42. The first-order valence-electron chi connectivity index (χ1n) is 16.7. The summed E-state index contributed by atoms with van der Waals surface area (Å²) in [4.78, 5) is 15.0. The van der Waals surface area contributed by atoms with E-state index in [4.69, 9.17) is 19.4 Å². The molecule has 0 aliphatic carbocycles. The van der Waals surface area contributed by atoms with Crippen LogP contribution in [0.2, 0.25) is 0 Å². The topological polar surface area (TPSA) is 56.7 Å². The van der Waals surface area contributed by atoms with E-state index in [-0.39, 0.29) is 0 Å². The summed E-state index contributed by atoms with van der Waals surface area (Å²) in [6, 6.07) is 58.6. The molecule has 7 aromatic carbocycles. The molecule has 0 aliphatic heterocycles. The average molecular weight is 641 g/mol. The molecule has 0 N–H and O–H groups in total. The van der Waals surface area contributed by atoms with Gasteiger partial charge in [-0.2, -0.15) is 0 Å². The quantitative estimate of drug-likeness (QED) is 0.188. The van der Waals surface area contributed by atoms with Gasteiger partial charge in [0.25, 0.3) is 0 Å². The Bertz CT molecular complexity index is 2800. The van der Waals surface area contributed by atoms with Gasteiger partial charge in [0.05, 0.1) is 11.0 Å². The number of fused-ring (bicyclic) bond motifs is 6. The second-order valence-electron chi connectivity index (χ2n) is 12.4. The number of hydrogen-bond donors (Lipinski definition) is 0. The normalized spacial score (nSPS) is 11.6. The molecule has 0 fully saturated rings. The zero-order valence-corrected chi connectivity index (χ0v) is 26.9. The Labute approximate surface area is 287 Å². The van der Waals surface area contributed by atoms with E-state index in [0.29, 0.717) is 17.5 Å². The van der Waals surface area contributed by atoms with Gasteiger partial charge in [-0.25, -0.2) is 15.0 Å². The highest BCUT2D eigenvalue weighted by Crippen LogP contribution is 2.38. The van der Waals surface area contributed by atoms with Crippen LogP contribution in [0.3, 0.4) is 0 Å². The molecule has 50 heavy (non-hydrogen) atoms. The van der Waals surface area contributed by atoms with Gasteiger partial charge in [0, 0.05) is 43.9 Å². The highest BCUT2D eigenvalue weighted by atomic mass is 16.3. The molecule has 0 bridgehead atoms. The monoisotopic (exact) mass is 640 g/mol. The lowest BCUT2D eigenvalue weighted by Crippen LogP contribution is -2.00. The minimum absolute atomic E-state index is 0.589. The fourth-order valence-electron chi connectivity index (χ4n) is 7.13. The minimum atomic E-state index is 0.589.